The average Bonchev–Trinajstić information content (AvgIpc) is 3.21. The second-order valence-electron chi connectivity index (χ2n) is 10.5. The first-order chi connectivity index (χ1) is 20.0. The van der Waals surface area contributed by atoms with E-state index >= 15 is 0 Å². The van der Waals surface area contributed by atoms with E-state index in [-0.39, 0.29) is 32.8 Å². The molecule has 1 heterocycles. The fraction of sp³-hybridized carbons (Fsp3) is 0.258. The molecule has 0 radical (unpaired) electrons. The van der Waals surface area contributed by atoms with E-state index in [9.17, 15) is 24.0 Å². The Hall–Kier alpha value is -3.53. The Morgan fingerprint density at radius 1 is 0.857 bits per heavy atom. The number of rotatable bonds is 7. The van der Waals surface area contributed by atoms with Crippen LogP contribution in [0, 0.1) is 17.8 Å². The third kappa shape index (κ3) is 6.14. The van der Waals surface area contributed by atoms with Gasteiger partial charge in [-0.25, -0.2) is 9.80 Å². The number of ether oxygens (including phenoxy) is 1. The zero-order chi connectivity index (χ0) is 30.1. The highest BCUT2D eigenvalue weighted by atomic mass is 79.9. The molecule has 3 aromatic rings. The second-order valence-corrected chi connectivity index (χ2v) is 12.2. The molecule has 11 heteroatoms. The first kappa shape index (κ1) is 29.9. The van der Waals surface area contributed by atoms with Crippen molar-refractivity contribution in [2.45, 2.75) is 26.2 Å². The lowest BCUT2D eigenvalue weighted by Gasteiger charge is -2.30. The number of hydrazine groups is 1. The van der Waals surface area contributed by atoms with Crippen molar-refractivity contribution in [2.75, 3.05) is 6.54 Å². The van der Waals surface area contributed by atoms with E-state index in [1.165, 1.54) is 42.5 Å². The van der Waals surface area contributed by atoms with Crippen LogP contribution in [0.4, 0.5) is 0 Å². The quantitative estimate of drug-likeness (QED) is 0.121. The molecular weight excluding hydrogens is 647 g/mol. The van der Waals surface area contributed by atoms with E-state index in [1.807, 2.05) is 6.92 Å². The molecule has 1 aliphatic carbocycles. The summed E-state index contributed by atoms with van der Waals surface area (Å²) < 4.78 is 6.21. The molecule has 0 N–H and O–H groups in total. The van der Waals surface area contributed by atoms with Crippen molar-refractivity contribution < 1.29 is 28.7 Å². The number of benzene rings is 3. The number of carbonyl (C=O) groups excluding carboxylic acids is 5. The molecule has 0 aromatic heterocycles. The van der Waals surface area contributed by atoms with Gasteiger partial charge in [0.2, 0.25) is 0 Å². The number of esters is 1. The Kier molecular flexibility index (Phi) is 8.82. The van der Waals surface area contributed by atoms with Gasteiger partial charge < -0.3 is 4.74 Å². The van der Waals surface area contributed by atoms with Crippen molar-refractivity contribution in [2.24, 2.45) is 17.8 Å². The fourth-order valence-electron chi connectivity index (χ4n) is 5.31. The van der Waals surface area contributed by atoms with Crippen LogP contribution in [0.1, 0.15) is 57.3 Å². The molecule has 1 saturated carbocycles. The maximum absolute atomic E-state index is 13.7. The maximum Gasteiger partial charge on any atom is 0.343 e. The van der Waals surface area contributed by atoms with Crippen LogP contribution < -0.4 is 4.74 Å². The van der Waals surface area contributed by atoms with Gasteiger partial charge in [0.15, 0.2) is 5.78 Å². The van der Waals surface area contributed by atoms with E-state index in [4.69, 9.17) is 27.9 Å². The van der Waals surface area contributed by atoms with Crippen LogP contribution in [0.5, 0.6) is 5.75 Å². The SMILES string of the molecule is C[C@@H]1CC[C@@H]2C(=O)N(N(CC(=O)c3ccc(OC(=O)c4ccc(Br)cc4)cc3)C(=O)c3ccc(Cl)c(Cl)c3)C(=O)[C@@H]2C1. The van der Waals surface area contributed by atoms with Gasteiger partial charge in [0, 0.05) is 15.6 Å². The van der Waals surface area contributed by atoms with E-state index in [0.717, 1.165) is 20.9 Å². The predicted octanol–water partition coefficient (Wildman–Crippen LogP) is 6.64. The minimum atomic E-state index is -0.740. The second kappa shape index (κ2) is 12.4. The highest BCUT2D eigenvalue weighted by molar-refractivity contribution is 9.10. The molecule has 42 heavy (non-hydrogen) atoms. The molecule has 5 rings (SSSR count). The summed E-state index contributed by atoms with van der Waals surface area (Å²) in [5.41, 5.74) is 0.608. The minimum Gasteiger partial charge on any atom is -0.423 e. The maximum atomic E-state index is 13.7. The standard InChI is InChI=1S/C31H25BrCl2N2O6/c1-17-2-12-23-24(14-17)30(40)36(29(23)39)35(28(38)20-7-13-25(33)26(34)15-20)16-27(37)18-5-10-22(11-6-18)42-31(41)19-3-8-21(32)9-4-19/h3-11,13,15,17,23-24H,2,12,14,16H2,1H3/t17-,23+,24-/m1/s1. The third-order valence-electron chi connectivity index (χ3n) is 7.57. The Balaban J connectivity index is 1.38. The van der Waals surface area contributed by atoms with Gasteiger partial charge in [-0.1, -0.05) is 46.1 Å². The van der Waals surface area contributed by atoms with Crippen LogP contribution in [0.25, 0.3) is 0 Å². The summed E-state index contributed by atoms with van der Waals surface area (Å²) >= 11 is 15.5. The summed E-state index contributed by atoms with van der Waals surface area (Å²) in [6.45, 7) is 1.45. The molecule has 0 spiro atoms. The third-order valence-corrected chi connectivity index (χ3v) is 8.83. The Morgan fingerprint density at radius 3 is 2.14 bits per heavy atom. The van der Waals surface area contributed by atoms with Gasteiger partial charge in [-0.05, 0) is 91.9 Å². The number of halogens is 3. The Labute approximate surface area is 260 Å². The summed E-state index contributed by atoms with van der Waals surface area (Å²) in [6, 6.07) is 16.6. The average molecular weight is 672 g/mol. The van der Waals surface area contributed by atoms with E-state index in [2.05, 4.69) is 15.9 Å². The Morgan fingerprint density at radius 2 is 1.48 bits per heavy atom. The van der Waals surface area contributed by atoms with Crippen LogP contribution in [-0.2, 0) is 9.59 Å². The topological polar surface area (TPSA) is 101 Å². The molecule has 3 amide bonds. The Bertz CT molecular complexity index is 1580. The van der Waals surface area contributed by atoms with Crippen molar-refractivity contribution in [1.82, 2.24) is 10.0 Å². The van der Waals surface area contributed by atoms with Crippen LogP contribution in [-0.4, -0.2) is 46.0 Å². The number of hydrogen-bond acceptors (Lipinski definition) is 6. The van der Waals surface area contributed by atoms with Gasteiger partial charge in [-0.15, -0.1) is 0 Å². The summed E-state index contributed by atoms with van der Waals surface area (Å²) in [4.78, 5) is 66.6. The normalized spacial score (nSPS) is 19.8. The van der Waals surface area contributed by atoms with Crippen LogP contribution in [0.15, 0.2) is 71.2 Å². The fourth-order valence-corrected chi connectivity index (χ4v) is 5.87. The molecule has 0 bridgehead atoms. The highest BCUT2D eigenvalue weighted by Crippen LogP contribution is 2.41. The molecule has 3 atom stereocenters. The summed E-state index contributed by atoms with van der Waals surface area (Å²) in [7, 11) is 0. The molecule has 2 fully saturated rings. The van der Waals surface area contributed by atoms with Crippen LogP contribution in [0.3, 0.4) is 0 Å². The van der Waals surface area contributed by atoms with Gasteiger partial charge in [-0.2, -0.15) is 5.01 Å². The number of nitrogens with zero attached hydrogens (tertiary/aromatic N) is 2. The van der Waals surface area contributed by atoms with E-state index < -0.39 is 47.9 Å². The summed E-state index contributed by atoms with van der Waals surface area (Å²) in [5.74, 6) is -3.42. The van der Waals surface area contributed by atoms with Gasteiger partial charge in [0.25, 0.3) is 17.7 Å². The number of fused-ring (bicyclic) bond motifs is 1. The van der Waals surface area contributed by atoms with Crippen LogP contribution in [0.2, 0.25) is 10.0 Å². The van der Waals surface area contributed by atoms with Crippen molar-refractivity contribution >= 4 is 68.6 Å². The van der Waals surface area contributed by atoms with Crippen molar-refractivity contribution in [3.05, 3.63) is 97.9 Å². The van der Waals surface area contributed by atoms with Gasteiger partial charge in [0.05, 0.1) is 27.4 Å². The lowest BCUT2D eigenvalue weighted by Crippen LogP contribution is -2.52. The molecule has 1 aliphatic heterocycles. The first-order valence-corrected chi connectivity index (χ1v) is 14.8. The minimum absolute atomic E-state index is 0.0660. The molecule has 8 nitrogen and oxygen atoms in total. The number of ketones is 1. The number of amides is 3. The predicted molar refractivity (Wildman–Crippen MR) is 159 cm³/mol. The number of Topliss-reactive ketones (excluding diaryl/α,β-unsaturated/α-hetero) is 1. The molecule has 0 unspecified atom stereocenters. The van der Waals surface area contributed by atoms with Crippen molar-refractivity contribution in [3.63, 3.8) is 0 Å². The lowest BCUT2D eigenvalue weighted by atomic mass is 9.76. The lowest BCUT2D eigenvalue weighted by molar-refractivity contribution is -0.154. The molecule has 3 aromatic carbocycles. The van der Waals surface area contributed by atoms with Gasteiger partial charge in [-0.3, -0.25) is 19.2 Å². The van der Waals surface area contributed by atoms with Crippen LogP contribution >= 0.6 is 39.1 Å². The summed E-state index contributed by atoms with van der Waals surface area (Å²) in [6.07, 6.45) is 1.87. The van der Waals surface area contributed by atoms with E-state index in [1.54, 1.807) is 24.3 Å². The molecule has 2 aliphatic rings. The monoisotopic (exact) mass is 670 g/mol. The van der Waals surface area contributed by atoms with Gasteiger partial charge >= 0.3 is 5.97 Å². The van der Waals surface area contributed by atoms with Crippen molar-refractivity contribution in [1.29, 1.82) is 0 Å². The smallest absolute Gasteiger partial charge is 0.343 e. The zero-order valence-electron chi connectivity index (χ0n) is 22.4. The number of carbonyl (C=O) groups is 5. The molecular formula is C31H25BrCl2N2O6. The number of hydrogen-bond donors (Lipinski definition) is 0. The summed E-state index contributed by atoms with van der Waals surface area (Å²) in [5, 5.41) is 2.08. The van der Waals surface area contributed by atoms with Crippen molar-refractivity contribution in [3.8, 4) is 5.75 Å². The largest absolute Gasteiger partial charge is 0.423 e. The first-order valence-electron chi connectivity index (χ1n) is 13.3. The number of imide groups is 1. The zero-order valence-corrected chi connectivity index (χ0v) is 25.5. The van der Waals surface area contributed by atoms with Gasteiger partial charge in [0.1, 0.15) is 12.3 Å². The molecule has 216 valence electrons. The molecule has 1 saturated heterocycles. The van der Waals surface area contributed by atoms with E-state index in [0.29, 0.717) is 18.4 Å². The highest BCUT2D eigenvalue weighted by Gasteiger charge is 2.52.